The number of carbonyl (C=O) groups is 4. The van der Waals surface area contributed by atoms with E-state index in [-0.39, 0.29) is 24.2 Å². The fraction of sp³-hybridized carbons (Fsp3) is 0.100. The SMILES string of the molecule is Cc1ccc(CN2C(=O)c3ccc4c5c(Br)cc6c7c(ccc(c8c(Br)cc(c3c48)C2=O)c75)C(=O)N(Cc2ccc(C(F)(F)F)cc2)C6=O)cc1. The van der Waals surface area contributed by atoms with Crippen LogP contribution < -0.4 is 0 Å². The number of alkyl halides is 3. The summed E-state index contributed by atoms with van der Waals surface area (Å²) in [4.78, 5) is 58.3. The molecule has 0 aliphatic carbocycles. The molecular formula is C40H21Br2F3N2O4. The lowest BCUT2D eigenvalue weighted by Gasteiger charge is -2.31. The highest BCUT2D eigenvalue weighted by Gasteiger charge is 2.38. The van der Waals surface area contributed by atoms with Crippen molar-refractivity contribution in [3.8, 4) is 0 Å². The molecular weight excluding hydrogens is 789 g/mol. The van der Waals surface area contributed by atoms with Crippen molar-refractivity contribution in [3.05, 3.63) is 138 Å². The van der Waals surface area contributed by atoms with Gasteiger partial charge in [-0.3, -0.25) is 29.0 Å². The summed E-state index contributed by atoms with van der Waals surface area (Å²) in [6, 6.07) is 22.5. The van der Waals surface area contributed by atoms with Gasteiger partial charge in [-0.25, -0.2) is 0 Å². The maximum absolute atomic E-state index is 14.0. The summed E-state index contributed by atoms with van der Waals surface area (Å²) >= 11 is 7.44. The molecule has 2 aliphatic heterocycles. The maximum Gasteiger partial charge on any atom is 0.416 e. The minimum absolute atomic E-state index is 0.122. The summed E-state index contributed by atoms with van der Waals surface area (Å²) < 4.78 is 40.7. The molecule has 250 valence electrons. The second-order valence-corrected chi connectivity index (χ2v) is 14.7. The third kappa shape index (κ3) is 4.53. The third-order valence-electron chi connectivity index (χ3n) is 9.99. The number of imide groups is 2. The Hall–Kier alpha value is -5.13. The highest BCUT2D eigenvalue weighted by molar-refractivity contribution is 9.11. The van der Waals surface area contributed by atoms with Crippen LogP contribution >= 0.6 is 31.9 Å². The first-order chi connectivity index (χ1) is 24.3. The van der Waals surface area contributed by atoms with Crippen LogP contribution in [0, 0.1) is 6.92 Å². The molecule has 0 fully saturated rings. The summed E-state index contributed by atoms with van der Waals surface area (Å²) in [5, 5.41) is 5.28. The van der Waals surface area contributed by atoms with Gasteiger partial charge in [0.1, 0.15) is 0 Å². The van der Waals surface area contributed by atoms with Gasteiger partial charge in [-0.1, -0.05) is 86.0 Å². The molecule has 2 heterocycles. The first-order valence-corrected chi connectivity index (χ1v) is 17.5. The summed E-state index contributed by atoms with van der Waals surface area (Å²) in [6.45, 7) is 1.88. The summed E-state index contributed by atoms with van der Waals surface area (Å²) in [5.41, 5.74) is 2.79. The molecule has 0 aromatic heterocycles. The highest BCUT2D eigenvalue weighted by atomic mass is 79.9. The average molecular weight is 810 g/mol. The first-order valence-electron chi connectivity index (χ1n) is 15.9. The van der Waals surface area contributed by atoms with Gasteiger partial charge < -0.3 is 0 Å². The molecule has 0 atom stereocenters. The van der Waals surface area contributed by atoms with Crippen LogP contribution in [0.25, 0.3) is 43.1 Å². The van der Waals surface area contributed by atoms with Crippen LogP contribution in [0.1, 0.15) is 63.7 Å². The smallest absolute Gasteiger partial charge is 0.270 e. The molecule has 0 radical (unpaired) electrons. The largest absolute Gasteiger partial charge is 0.416 e. The van der Waals surface area contributed by atoms with Crippen LogP contribution in [0.3, 0.4) is 0 Å². The van der Waals surface area contributed by atoms with Crippen molar-refractivity contribution >= 4 is 98.6 Å². The van der Waals surface area contributed by atoms with Crippen LogP contribution in [-0.4, -0.2) is 33.4 Å². The molecule has 4 amide bonds. The topological polar surface area (TPSA) is 74.8 Å². The van der Waals surface area contributed by atoms with Gasteiger partial charge in [-0.2, -0.15) is 13.2 Å². The average Bonchev–Trinajstić information content (AvgIpc) is 3.10. The van der Waals surface area contributed by atoms with Crippen molar-refractivity contribution in [1.82, 2.24) is 9.80 Å². The van der Waals surface area contributed by atoms with E-state index in [1.165, 1.54) is 17.0 Å². The molecule has 0 bridgehead atoms. The van der Waals surface area contributed by atoms with Crippen LogP contribution in [0.5, 0.6) is 0 Å². The molecule has 51 heavy (non-hydrogen) atoms. The molecule has 0 spiro atoms. The van der Waals surface area contributed by atoms with E-state index in [2.05, 4.69) is 31.9 Å². The molecule has 7 aromatic rings. The predicted octanol–water partition coefficient (Wildman–Crippen LogP) is 10.2. The quantitative estimate of drug-likeness (QED) is 0.101. The van der Waals surface area contributed by atoms with Crippen molar-refractivity contribution < 1.29 is 32.3 Å². The monoisotopic (exact) mass is 808 g/mol. The Balaban J connectivity index is 1.22. The van der Waals surface area contributed by atoms with Crippen LogP contribution in [0.2, 0.25) is 0 Å². The number of amides is 4. The van der Waals surface area contributed by atoms with Gasteiger partial charge in [0.05, 0.1) is 18.7 Å². The first kappa shape index (κ1) is 31.8. The summed E-state index contributed by atoms with van der Waals surface area (Å²) in [5.74, 6) is -1.94. The van der Waals surface area contributed by atoms with E-state index in [4.69, 9.17) is 0 Å². The van der Waals surface area contributed by atoms with E-state index in [0.717, 1.165) is 38.9 Å². The number of hydrogen-bond donors (Lipinski definition) is 0. The Bertz CT molecular complexity index is 2740. The molecule has 6 nitrogen and oxygen atoms in total. The zero-order valence-electron chi connectivity index (χ0n) is 26.4. The Labute approximate surface area is 304 Å². The number of hydrogen-bond acceptors (Lipinski definition) is 4. The zero-order valence-corrected chi connectivity index (χ0v) is 29.6. The number of halogens is 5. The van der Waals surface area contributed by atoms with E-state index >= 15 is 0 Å². The van der Waals surface area contributed by atoms with Gasteiger partial charge in [-0.15, -0.1) is 0 Å². The number of nitrogens with zero attached hydrogens (tertiary/aromatic N) is 2. The fourth-order valence-corrected chi connectivity index (χ4v) is 8.89. The molecule has 9 rings (SSSR count). The lowest BCUT2D eigenvalue weighted by molar-refractivity contribution is -0.137. The van der Waals surface area contributed by atoms with E-state index in [1.54, 1.807) is 30.3 Å². The predicted molar refractivity (Wildman–Crippen MR) is 194 cm³/mol. The Kier molecular flexibility index (Phi) is 6.82. The molecule has 11 heteroatoms. The summed E-state index contributed by atoms with van der Waals surface area (Å²) in [6.07, 6.45) is -4.51. The van der Waals surface area contributed by atoms with Crippen LogP contribution in [0.15, 0.2) is 93.9 Å². The van der Waals surface area contributed by atoms with Gasteiger partial charge in [0.25, 0.3) is 23.6 Å². The molecule has 7 aromatic carbocycles. The van der Waals surface area contributed by atoms with E-state index in [1.807, 2.05) is 37.3 Å². The molecule has 0 N–H and O–H groups in total. The molecule has 0 saturated carbocycles. The minimum Gasteiger partial charge on any atom is -0.270 e. The Morgan fingerprint density at radius 2 is 0.902 bits per heavy atom. The van der Waals surface area contributed by atoms with Crippen LogP contribution in [0.4, 0.5) is 13.2 Å². The summed E-state index contributed by atoms with van der Waals surface area (Å²) in [7, 11) is 0. The Morgan fingerprint density at radius 1 is 0.510 bits per heavy atom. The lowest BCUT2D eigenvalue weighted by atomic mass is 9.82. The maximum atomic E-state index is 14.0. The fourth-order valence-electron chi connectivity index (χ4n) is 7.61. The van der Waals surface area contributed by atoms with Gasteiger partial charge in [-0.05, 0) is 65.2 Å². The number of aryl methyl sites for hydroxylation is 1. The second-order valence-electron chi connectivity index (χ2n) is 13.0. The minimum atomic E-state index is -4.51. The molecule has 0 saturated heterocycles. The van der Waals surface area contributed by atoms with Crippen molar-refractivity contribution in [3.63, 3.8) is 0 Å². The van der Waals surface area contributed by atoms with Gasteiger partial charge >= 0.3 is 6.18 Å². The second kappa shape index (κ2) is 10.9. The van der Waals surface area contributed by atoms with Crippen molar-refractivity contribution in [2.24, 2.45) is 0 Å². The highest BCUT2D eigenvalue weighted by Crippen LogP contribution is 2.50. The van der Waals surface area contributed by atoms with Crippen molar-refractivity contribution in [1.29, 1.82) is 0 Å². The Morgan fingerprint density at radius 3 is 1.31 bits per heavy atom. The number of fused-ring (bicyclic) bond motifs is 2. The normalized spacial score (nSPS) is 14.7. The van der Waals surface area contributed by atoms with E-state index in [9.17, 15) is 32.3 Å². The van der Waals surface area contributed by atoms with E-state index in [0.29, 0.717) is 58.0 Å². The van der Waals surface area contributed by atoms with Gasteiger partial charge in [0, 0.05) is 63.5 Å². The molecule has 2 aliphatic rings. The lowest BCUT2D eigenvalue weighted by Crippen LogP contribution is -2.40. The van der Waals surface area contributed by atoms with Crippen molar-refractivity contribution in [2.45, 2.75) is 26.2 Å². The van der Waals surface area contributed by atoms with Gasteiger partial charge in [0.2, 0.25) is 0 Å². The van der Waals surface area contributed by atoms with Crippen LogP contribution in [-0.2, 0) is 19.3 Å². The molecule has 0 unspecified atom stereocenters. The third-order valence-corrected chi connectivity index (χ3v) is 11.2. The number of rotatable bonds is 4. The van der Waals surface area contributed by atoms with Crippen molar-refractivity contribution in [2.75, 3.05) is 0 Å². The van der Waals surface area contributed by atoms with E-state index < -0.39 is 35.4 Å². The standard InChI is InChI=1S/C40H21Br2F3N2O4/c1-18-2-4-19(5-3-18)16-46-36(48)24-12-10-22-33-29(42)15-27-31-25(37(49)47(39(27)51)17-20-6-8-21(9-7-20)40(43,44)45)13-11-23(35(31)33)32-28(41)14-26(38(46)50)30(24)34(22)32/h2-15H,16-17H2,1H3. The van der Waals surface area contributed by atoms with Gasteiger partial charge in [0.15, 0.2) is 0 Å². The number of benzene rings is 7. The number of carbonyl (C=O) groups excluding carboxylic acids is 4. The zero-order chi connectivity index (χ0) is 35.7.